The Morgan fingerprint density at radius 2 is 2.25 bits per heavy atom. The van der Waals surface area contributed by atoms with Crippen LogP contribution in [0, 0.1) is 13.8 Å². The fourth-order valence-electron chi connectivity index (χ4n) is 2.30. The molecular formula is C17H19N3O3S. The average Bonchev–Trinajstić information content (AvgIpc) is 3.06. The van der Waals surface area contributed by atoms with Crippen LogP contribution < -0.4 is 9.47 Å². The first-order chi connectivity index (χ1) is 13.9. The number of rotatable bonds is 5. The molecule has 0 spiro atoms. The zero-order chi connectivity index (χ0) is 22.3. The van der Waals surface area contributed by atoms with E-state index in [0.717, 1.165) is 6.20 Å². The summed E-state index contributed by atoms with van der Waals surface area (Å²) in [7, 11) is -1.32. The molecule has 24 heavy (non-hydrogen) atoms. The molecule has 0 fully saturated rings. The third kappa shape index (κ3) is 3.05. The molecule has 0 amide bonds. The molecule has 0 saturated carbocycles. The number of aromatic nitrogens is 3. The maximum absolute atomic E-state index is 12.9. The van der Waals surface area contributed by atoms with Crippen molar-refractivity contribution in [2.75, 3.05) is 14.1 Å². The van der Waals surface area contributed by atoms with E-state index in [2.05, 4.69) is 15.0 Å². The first-order valence-electron chi connectivity index (χ1n) is 9.99. The average molecular weight is 351 g/mol. The van der Waals surface area contributed by atoms with Crippen molar-refractivity contribution in [3.05, 3.63) is 41.2 Å². The summed E-state index contributed by atoms with van der Waals surface area (Å²) in [5.74, 6) is 0.198. The number of methoxy groups -OCH3 is 2. The summed E-state index contributed by atoms with van der Waals surface area (Å²) < 4.78 is 67.8. The molecule has 7 heteroatoms. The van der Waals surface area contributed by atoms with Crippen molar-refractivity contribution >= 4 is 22.2 Å². The molecule has 6 nitrogen and oxygen atoms in total. The van der Waals surface area contributed by atoms with Crippen LogP contribution in [0.5, 0.6) is 11.5 Å². The van der Waals surface area contributed by atoms with Crippen molar-refractivity contribution in [2.45, 2.75) is 24.7 Å². The van der Waals surface area contributed by atoms with Gasteiger partial charge in [0.15, 0.2) is 5.75 Å². The van der Waals surface area contributed by atoms with E-state index in [0.29, 0.717) is 16.8 Å². The van der Waals surface area contributed by atoms with Crippen LogP contribution in [0.15, 0.2) is 29.6 Å². The Hall–Kier alpha value is -2.25. The number of ether oxygens (including phenoxy) is 2. The second-order valence-electron chi connectivity index (χ2n) is 5.09. The van der Waals surface area contributed by atoms with Gasteiger partial charge in [0.25, 0.3) is 0 Å². The van der Waals surface area contributed by atoms with Crippen molar-refractivity contribution in [3.8, 4) is 11.5 Å². The number of hydrogen-bond donors (Lipinski definition) is 1. The van der Waals surface area contributed by atoms with Crippen molar-refractivity contribution in [3.63, 3.8) is 0 Å². The van der Waals surface area contributed by atoms with Crippen molar-refractivity contribution < 1.29 is 22.3 Å². The Morgan fingerprint density at radius 3 is 3.00 bits per heavy atom. The number of H-pyrrole nitrogens is 1. The molecule has 0 bridgehead atoms. The van der Waals surface area contributed by atoms with Gasteiger partial charge in [0.1, 0.15) is 11.5 Å². The van der Waals surface area contributed by atoms with E-state index in [9.17, 15) is 4.55 Å². The molecule has 0 saturated heterocycles. The Kier molecular flexibility index (Phi) is 2.95. The molecule has 0 radical (unpaired) electrons. The Balaban J connectivity index is 1.95. The highest BCUT2D eigenvalue weighted by Gasteiger charge is 2.21. The third-order valence-corrected chi connectivity index (χ3v) is 4.78. The lowest BCUT2D eigenvalue weighted by atomic mass is 10.1. The Labute approximate surface area is 151 Å². The molecule has 0 aliphatic carbocycles. The summed E-state index contributed by atoms with van der Waals surface area (Å²) in [5, 5.41) is 0.206. The molecular weight excluding hydrogens is 326 g/mol. The first-order valence-corrected chi connectivity index (χ1v) is 8.31. The molecule has 2 aromatic heterocycles. The van der Waals surface area contributed by atoms with Crippen molar-refractivity contribution in [1.82, 2.24) is 15.0 Å². The van der Waals surface area contributed by atoms with Crippen LogP contribution in [0.25, 0.3) is 11.0 Å². The summed E-state index contributed by atoms with van der Waals surface area (Å²) in [4.78, 5) is 11.4. The molecule has 1 N–H and O–H groups in total. The summed E-state index contributed by atoms with van der Waals surface area (Å²) >= 11 is -1.65. The van der Waals surface area contributed by atoms with Gasteiger partial charge in [0, 0.05) is 38.7 Å². The van der Waals surface area contributed by atoms with Crippen LogP contribution in [-0.4, -0.2) is 33.7 Å². The van der Waals surface area contributed by atoms with Crippen LogP contribution in [0.2, 0.25) is 0 Å². The summed E-state index contributed by atoms with van der Waals surface area (Å²) in [5.41, 5.74) is 1.38. The summed E-state index contributed by atoms with van der Waals surface area (Å²) in [6.07, 6.45) is 1.04. The van der Waals surface area contributed by atoms with Gasteiger partial charge in [0.05, 0.1) is 35.0 Å². The summed E-state index contributed by atoms with van der Waals surface area (Å²) in [6, 6.07) is 5.19. The number of benzene rings is 1. The molecule has 0 aliphatic rings. The molecule has 1 aromatic carbocycles. The first kappa shape index (κ1) is 10.6. The maximum Gasteiger partial charge on any atom is 0.322 e. The van der Waals surface area contributed by atoms with Crippen LogP contribution in [0.3, 0.4) is 0 Å². The lowest BCUT2D eigenvalue weighted by Gasteiger charge is -2.13. The van der Waals surface area contributed by atoms with E-state index < -0.39 is 25.1 Å². The molecule has 3 rings (SSSR count). The highest BCUT2D eigenvalue weighted by atomic mass is 32.2. The number of aryl methyl sites for hydroxylation is 1. The number of hydrogen-bond acceptors (Lipinski definition) is 5. The van der Waals surface area contributed by atoms with Gasteiger partial charge in [0.2, 0.25) is 0 Å². The number of imidazole rings is 1. The van der Waals surface area contributed by atoms with Gasteiger partial charge in [-0.3, -0.25) is 9.97 Å². The van der Waals surface area contributed by atoms with Crippen molar-refractivity contribution in [2.24, 2.45) is 0 Å². The molecule has 0 unspecified atom stereocenters. The van der Waals surface area contributed by atoms with Gasteiger partial charge in [-0.15, -0.1) is 0 Å². The molecule has 0 aliphatic heterocycles. The monoisotopic (exact) mass is 351 g/mol. The minimum Gasteiger partial charge on any atom is -0.609 e. The zero-order valence-corrected chi connectivity index (χ0v) is 13.9. The quantitative estimate of drug-likeness (QED) is 0.715. The van der Waals surface area contributed by atoms with Crippen LogP contribution in [0.4, 0.5) is 0 Å². The van der Waals surface area contributed by atoms with Crippen LogP contribution in [-0.2, 0) is 16.9 Å². The SMILES string of the molecule is [2H]C([2H])([2H])Oc1c(C([2H])([2H])[2H])cnc(C[S@+]([O-])c2nc3cc(OC)ccc3[nH]2)c1C. The fourth-order valence-corrected chi connectivity index (χ4v) is 3.40. The van der Waals surface area contributed by atoms with E-state index in [4.69, 9.17) is 17.7 Å². The van der Waals surface area contributed by atoms with E-state index in [-0.39, 0.29) is 33.5 Å². The van der Waals surface area contributed by atoms with E-state index >= 15 is 0 Å². The summed E-state index contributed by atoms with van der Waals surface area (Å²) in [6.45, 7) is -1.13. The number of nitrogens with zero attached hydrogens (tertiary/aromatic N) is 2. The van der Waals surface area contributed by atoms with Gasteiger partial charge < -0.3 is 14.0 Å². The topological polar surface area (TPSA) is 83.1 Å². The Morgan fingerprint density at radius 1 is 1.38 bits per heavy atom. The number of aromatic amines is 1. The third-order valence-electron chi connectivity index (χ3n) is 3.62. The largest absolute Gasteiger partial charge is 0.609 e. The second kappa shape index (κ2) is 6.70. The molecule has 1 atom stereocenters. The predicted molar refractivity (Wildman–Crippen MR) is 93.0 cm³/mol. The smallest absolute Gasteiger partial charge is 0.322 e. The van der Waals surface area contributed by atoms with E-state index in [1.54, 1.807) is 18.2 Å². The van der Waals surface area contributed by atoms with Gasteiger partial charge in [-0.1, -0.05) is 0 Å². The lowest BCUT2D eigenvalue weighted by molar-refractivity contribution is 0.407. The normalized spacial score (nSPS) is 17.1. The predicted octanol–water partition coefficient (Wildman–Crippen LogP) is 2.90. The fraction of sp³-hybridized carbons (Fsp3) is 0.294. The van der Waals surface area contributed by atoms with Gasteiger partial charge >= 0.3 is 5.16 Å². The minimum absolute atomic E-state index is 0.110. The highest BCUT2D eigenvalue weighted by molar-refractivity contribution is 7.90. The zero-order valence-electron chi connectivity index (χ0n) is 19.0. The van der Waals surface area contributed by atoms with Gasteiger partial charge in [-0.25, -0.2) is 0 Å². The number of pyridine rings is 1. The Bertz CT molecular complexity index is 1070. The van der Waals surface area contributed by atoms with E-state index in [1.807, 2.05) is 0 Å². The van der Waals surface area contributed by atoms with Crippen LogP contribution >= 0.6 is 0 Å². The minimum atomic E-state index is -2.85. The van der Waals surface area contributed by atoms with E-state index in [1.165, 1.54) is 14.0 Å². The van der Waals surface area contributed by atoms with Crippen LogP contribution in [0.1, 0.15) is 25.0 Å². The molecule has 126 valence electrons. The number of nitrogens with one attached hydrogen (secondary N) is 1. The van der Waals surface area contributed by atoms with Crippen molar-refractivity contribution in [1.29, 1.82) is 0 Å². The lowest BCUT2D eigenvalue weighted by Crippen LogP contribution is -2.10. The molecule has 3 aromatic rings. The standard InChI is InChI=1S/C17H19N3O3S/c1-10-8-18-15(11(2)16(10)23-4)9-24(21)17-19-13-6-5-12(22-3)7-14(13)20-17/h5-8H,9H2,1-4H3,(H,19,20)/t24-/m0/s1/i1D3,4D3. The van der Waals surface area contributed by atoms with Gasteiger partial charge in [-0.05, 0) is 25.9 Å². The highest BCUT2D eigenvalue weighted by Crippen LogP contribution is 2.27. The second-order valence-corrected chi connectivity index (χ2v) is 6.46. The number of fused-ring (bicyclic) bond motifs is 1. The molecule has 2 heterocycles. The van der Waals surface area contributed by atoms with Gasteiger partial charge in [-0.2, -0.15) is 4.98 Å². The maximum atomic E-state index is 12.9.